The molecule has 7 heteroatoms. The fourth-order valence-corrected chi connectivity index (χ4v) is 1.61. The van der Waals surface area contributed by atoms with Crippen molar-refractivity contribution in [2.75, 3.05) is 32.9 Å². The largest absolute Gasteiger partial charge is 0.398 e. The maximum atomic E-state index is 11.8. The highest BCUT2D eigenvalue weighted by atomic mass is 16.2. The van der Waals surface area contributed by atoms with Gasteiger partial charge >= 0.3 is 11.8 Å². The van der Waals surface area contributed by atoms with Crippen LogP contribution in [0.15, 0.2) is 24.3 Å². The van der Waals surface area contributed by atoms with Gasteiger partial charge < -0.3 is 16.0 Å². The molecule has 1 aromatic rings. The van der Waals surface area contributed by atoms with Crippen molar-refractivity contribution in [2.45, 2.75) is 6.42 Å². The number of nitrogens with zero attached hydrogens (tertiary/aromatic N) is 1. The number of carbonyl (C=O) groups is 3. The van der Waals surface area contributed by atoms with Crippen LogP contribution in [0.5, 0.6) is 0 Å². The van der Waals surface area contributed by atoms with E-state index in [2.05, 4.69) is 5.32 Å². The molecule has 1 aromatic carbocycles. The molecule has 0 bridgehead atoms. The third-order valence-corrected chi connectivity index (χ3v) is 2.71. The molecular formula is C14H20N4O3. The van der Waals surface area contributed by atoms with Crippen LogP contribution in [0, 0.1) is 0 Å². The second-order valence-electron chi connectivity index (χ2n) is 4.78. The summed E-state index contributed by atoms with van der Waals surface area (Å²) in [7, 11) is 3.83. The van der Waals surface area contributed by atoms with Gasteiger partial charge in [-0.2, -0.15) is 0 Å². The maximum absolute atomic E-state index is 11.8. The number of hydrogen-bond acceptors (Lipinski definition) is 5. The van der Waals surface area contributed by atoms with Gasteiger partial charge in [0.15, 0.2) is 0 Å². The van der Waals surface area contributed by atoms with E-state index in [1.807, 2.05) is 24.3 Å². The van der Waals surface area contributed by atoms with Gasteiger partial charge in [-0.25, -0.2) is 0 Å². The molecule has 7 nitrogen and oxygen atoms in total. The Morgan fingerprint density at radius 1 is 1.14 bits per heavy atom. The standard InChI is InChI=1S/C14H20N4O3/c1-18(2)9-5-8-16-13(20)14(21)17-12(19)10-6-3-4-7-11(10)15/h3-4,6-7H,5,8-9,15H2,1-2H3,(H,16,20)(H,17,19,21). The third kappa shape index (κ3) is 5.62. The van der Waals surface area contributed by atoms with E-state index in [1.54, 1.807) is 18.2 Å². The lowest BCUT2D eigenvalue weighted by molar-refractivity contribution is -0.138. The van der Waals surface area contributed by atoms with E-state index in [4.69, 9.17) is 5.73 Å². The second kappa shape index (κ2) is 8.01. The molecule has 0 aliphatic heterocycles. The van der Waals surface area contributed by atoms with Crippen LogP contribution in [0.1, 0.15) is 16.8 Å². The number of amides is 3. The lowest BCUT2D eigenvalue weighted by Crippen LogP contribution is -2.43. The van der Waals surface area contributed by atoms with E-state index in [-0.39, 0.29) is 11.3 Å². The zero-order valence-electron chi connectivity index (χ0n) is 12.2. The first-order valence-corrected chi connectivity index (χ1v) is 6.54. The molecule has 0 fully saturated rings. The fourth-order valence-electron chi connectivity index (χ4n) is 1.61. The zero-order valence-corrected chi connectivity index (χ0v) is 12.2. The van der Waals surface area contributed by atoms with Crippen LogP contribution >= 0.6 is 0 Å². The van der Waals surface area contributed by atoms with E-state index in [9.17, 15) is 14.4 Å². The van der Waals surface area contributed by atoms with E-state index < -0.39 is 17.7 Å². The zero-order chi connectivity index (χ0) is 15.8. The molecule has 0 atom stereocenters. The van der Waals surface area contributed by atoms with Crippen molar-refractivity contribution in [1.82, 2.24) is 15.5 Å². The summed E-state index contributed by atoms with van der Waals surface area (Å²) in [4.78, 5) is 36.9. The fraction of sp³-hybridized carbons (Fsp3) is 0.357. The van der Waals surface area contributed by atoms with Crippen molar-refractivity contribution >= 4 is 23.4 Å². The first-order chi connectivity index (χ1) is 9.91. The first kappa shape index (κ1) is 16.6. The summed E-state index contributed by atoms with van der Waals surface area (Å²) < 4.78 is 0. The molecule has 0 radical (unpaired) electrons. The van der Waals surface area contributed by atoms with Gasteiger partial charge in [-0.1, -0.05) is 12.1 Å². The van der Waals surface area contributed by atoms with E-state index in [0.29, 0.717) is 13.0 Å². The summed E-state index contributed by atoms with van der Waals surface area (Å²) in [5.74, 6) is -2.52. The Balaban J connectivity index is 2.44. The first-order valence-electron chi connectivity index (χ1n) is 6.54. The Kier molecular flexibility index (Phi) is 6.35. The topological polar surface area (TPSA) is 105 Å². The predicted octanol–water partition coefficient (Wildman–Crippen LogP) is -0.407. The molecular weight excluding hydrogens is 272 g/mol. The van der Waals surface area contributed by atoms with Gasteiger partial charge in [0.25, 0.3) is 5.91 Å². The molecule has 0 saturated heterocycles. The molecule has 1 rings (SSSR count). The molecule has 114 valence electrons. The Bertz CT molecular complexity index is 529. The Morgan fingerprint density at radius 2 is 1.81 bits per heavy atom. The molecule has 0 unspecified atom stereocenters. The van der Waals surface area contributed by atoms with Gasteiger partial charge in [0.1, 0.15) is 0 Å². The smallest absolute Gasteiger partial charge is 0.316 e. The number of nitrogens with one attached hydrogen (secondary N) is 2. The highest BCUT2D eigenvalue weighted by Gasteiger charge is 2.18. The number of para-hydroxylation sites is 1. The van der Waals surface area contributed by atoms with E-state index >= 15 is 0 Å². The van der Waals surface area contributed by atoms with Crippen molar-refractivity contribution in [3.05, 3.63) is 29.8 Å². The minimum absolute atomic E-state index is 0.159. The van der Waals surface area contributed by atoms with Gasteiger partial charge in [0, 0.05) is 12.2 Å². The van der Waals surface area contributed by atoms with Gasteiger partial charge in [-0.15, -0.1) is 0 Å². The SMILES string of the molecule is CN(C)CCCNC(=O)C(=O)NC(=O)c1ccccc1N. The highest BCUT2D eigenvalue weighted by molar-refractivity contribution is 6.38. The quantitative estimate of drug-likeness (QED) is 0.389. The summed E-state index contributed by atoms with van der Waals surface area (Å²) in [6.45, 7) is 1.16. The van der Waals surface area contributed by atoms with Crippen LogP contribution in [-0.4, -0.2) is 49.8 Å². The molecule has 0 aliphatic carbocycles. The van der Waals surface area contributed by atoms with E-state index in [1.165, 1.54) is 6.07 Å². The Hall–Kier alpha value is -2.41. The Morgan fingerprint density at radius 3 is 2.43 bits per heavy atom. The maximum Gasteiger partial charge on any atom is 0.316 e. The lowest BCUT2D eigenvalue weighted by Gasteiger charge is -2.10. The van der Waals surface area contributed by atoms with Crippen LogP contribution in [0.3, 0.4) is 0 Å². The van der Waals surface area contributed by atoms with E-state index in [0.717, 1.165) is 6.54 Å². The molecule has 0 saturated carbocycles. The minimum atomic E-state index is -0.992. The third-order valence-electron chi connectivity index (χ3n) is 2.71. The normalized spacial score (nSPS) is 10.2. The number of nitrogens with two attached hydrogens (primary N) is 1. The number of nitrogen functional groups attached to an aromatic ring is 1. The summed E-state index contributed by atoms with van der Waals surface area (Å²) in [6, 6.07) is 6.32. The van der Waals surface area contributed by atoms with Gasteiger partial charge in [0.2, 0.25) is 0 Å². The summed E-state index contributed by atoms with van der Waals surface area (Å²) in [5, 5.41) is 4.45. The summed E-state index contributed by atoms with van der Waals surface area (Å²) in [6.07, 6.45) is 0.714. The molecule has 21 heavy (non-hydrogen) atoms. The average molecular weight is 292 g/mol. The van der Waals surface area contributed by atoms with Crippen molar-refractivity contribution < 1.29 is 14.4 Å². The number of hydrogen-bond donors (Lipinski definition) is 3. The monoisotopic (exact) mass is 292 g/mol. The van der Waals surface area contributed by atoms with Crippen LogP contribution in [0.4, 0.5) is 5.69 Å². The number of anilines is 1. The number of benzene rings is 1. The number of imide groups is 1. The summed E-state index contributed by atoms with van der Waals surface area (Å²) >= 11 is 0. The lowest BCUT2D eigenvalue weighted by atomic mass is 10.1. The number of rotatable bonds is 5. The molecule has 4 N–H and O–H groups in total. The van der Waals surface area contributed by atoms with Crippen molar-refractivity contribution in [3.8, 4) is 0 Å². The average Bonchev–Trinajstić information content (AvgIpc) is 2.43. The van der Waals surface area contributed by atoms with Crippen LogP contribution in [0.2, 0.25) is 0 Å². The predicted molar refractivity (Wildman–Crippen MR) is 79.5 cm³/mol. The number of carbonyl (C=O) groups excluding carboxylic acids is 3. The molecule has 0 aromatic heterocycles. The Labute approximate surface area is 123 Å². The van der Waals surface area contributed by atoms with Crippen molar-refractivity contribution in [2.24, 2.45) is 0 Å². The van der Waals surface area contributed by atoms with Gasteiger partial charge in [-0.05, 0) is 39.2 Å². The minimum Gasteiger partial charge on any atom is -0.398 e. The van der Waals surface area contributed by atoms with Crippen LogP contribution in [-0.2, 0) is 9.59 Å². The molecule has 0 spiro atoms. The molecule has 0 aliphatic rings. The van der Waals surface area contributed by atoms with Crippen LogP contribution in [0.25, 0.3) is 0 Å². The van der Waals surface area contributed by atoms with Gasteiger partial charge in [-0.3, -0.25) is 19.7 Å². The van der Waals surface area contributed by atoms with Gasteiger partial charge in [0.05, 0.1) is 5.56 Å². The molecule has 0 heterocycles. The van der Waals surface area contributed by atoms with Crippen LogP contribution < -0.4 is 16.4 Å². The second-order valence-corrected chi connectivity index (χ2v) is 4.78. The highest BCUT2D eigenvalue weighted by Crippen LogP contribution is 2.09. The molecule has 3 amide bonds. The summed E-state index contributed by atoms with van der Waals surface area (Å²) in [5.41, 5.74) is 6.03. The van der Waals surface area contributed by atoms with Crippen molar-refractivity contribution in [3.63, 3.8) is 0 Å². The van der Waals surface area contributed by atoms with Crippen molar-refractivity contribution in [1.29, 1.82) is 0 Å².